The van der Waals surface area contributed by atoms with E-state index in [2.05, 4.69) is 10.1 Å². The maximum Gasteiger partial charge on any atom is 0.411 e. The lowest BCUT2D eigenvalue weighted by molar-refractivity contribution is 0.187. The zero-order chi connectivity index (χ0) is 13.0. The normalized spacial score (nSPS) is 9.89. The molecule has 2 aromatic carbocycles. The zero-order valence-corrected chi connectivity index (χ0v) is 9.81. The number of nitrogens with one attached hydrogen (secondary N) is 1. The number of methoxy groups -OCH3 is 1. The molecular weight excluding hydrogens is 233 g/mol. The Morgan fingerprint density at radius 1 is 1.11 bits per heavy atom. The summed E-state index contributed by atoms with van der Waals surface area (Å²) in [5.41, 5.74) is 2.18. The van der Waals surface area contributed by atoms with Crippen LogP contribution in [-0.4, -0.2) is 13.2 Å². The van der Waals surface area contributed by atoms with E-state index >= 15 is 0 Å². The highest BCUT2D eigenvalue weighted by Gasteiger charge is 2.03. The number of carbonyl (C=O) groups is 1. The minimum atomic E-state index is -0.536. The van der Waals surface area contributed by atoms with Crippen LogP contribution in [0, 0.1) is 5.82 Å². The van der Waals surface area contributed by atoms with Crippen LogP contribution in [0.1, 0.15) is 0 Å². The quantitative estimate of drug-likeness (QED) is 0.876. The van der Waals surface area contributed by atoms with Gasteiger partial charge in [0.1, 0.15) is 5.82 Å². The van der Waals surface area contributed by atoms with Gasteiger partial charge in [-0.25, -0.2) is 9.18 Å². The van der Waals surface area contributed by atoms with Crippen molar-refractivity contribution >= 4 is 11.8 Å². The molecule has 1 N–H and O–H groups in total. The molecule has 4 heteroatoms. The van der Waals surface area contributed by atoms with Crippen LogP contribution in [-0.2, 0) is 4.74 Å². The van der Waals surface area contributed by atoms with Crippen molar-refractivity contribution in [2.45, 2.75) is 0 Å². The van der Waals surface area contributed by atoms with Gasteiger partial charge in [-0.3, -0.25) is 5.32 Å². The fourth-order valence-electron chi connectivity index (χ4n) is 1.61. The van der Waals surface area contributed by atoms with E-state index in [0.29, 0.717) is 5.69 Å². The van der Waals surface area contributed by atoms with Crippen molar-refractivity contribution in [1.82, 2.24) is 0 Å². The summed E-state index contributed by atoms with van der Waals surface area (Å²) < 4.78 is 17.6. The molecule has 2 rings (SSSR count). The Labute approximate surface area is 104 Å². The lowest BCUT2D eigenvalue weighted by Crippen LogP contribution is -2.10. The van der Waals surface area contributed by atoms with Gasteiger partial charge in [-0.1, -0.05) is 24.3 Å². The fraction of sp³-hybridized carbons (Fsp3) is 0.0714. The van der Waals surface area contributed by atoms with Crippen LogP contribution >= 0.6 is 0 Å². The van der Waals surface area contributed by atoms with E-state index in [-0.39, 0.29) is 5.82 Å². The Balaban J connectivity index is 2.29. The van der Waals surface area contributed by atoms with Crippen molar-refractivity contribution in [3.8, 4) is 11.1 Å². The lowest BCUT2D eigenvalue weighted by Gasteiger charge is -2.06. The van der Waals surface area contributed by atoms with Crippen LogP contribution in [0.2, 0.25) is 0 Å². The highest BCUT2D eigenvalue weighted by atomic mass is 19.1. The molecule has 0 saturated carbocycles. The summed E-state index contributed by atoms with van der Waals surface area (Å²) in [6, 6.07) is 13.4. The van der Waals surface area contributed by atoms with Crippen molar-refractivity contribution in [3.05, 3.63) is 54.3 Å². The van der Waals surface area contributed by atoms with Crippen LogP contribution in [0.3, 0.4) is 0 Å². The summed E-state index contributed by atoms with van der Waals surface area (Å²) in [4.78, 5) is 11.1. The van der Waals surface area contributed by atoms with Gasteiger partial charge in [0.2, 0.25) is 0 Å². The SMILES string of the molecule is COC(=O)Nc1cccc(-c2cccc(F)c2)c1. The molecule has 0 heterocycles. The van der Waals surface area contributed by atoms with Gasteiger partial charge >= 0.3 is 6.09 Å². The summed E-state index contributed by atoms with van der Waals surface area (Å²) in [5.74, 6) is -0.293. The van der Waals surface area contributed by atoms with Gasteiger partial charge in [0, 0.05) is 5.69 Å². The van der Waals surface area contributed by atoms with Gasteiger partial charge in [0.05, 0.1) is 7.11 Å². The van der Waals surface area contributed by atoms with E-state index in [0.717, 1.165) is 11.1 Å². The highest BCUT2D eigenvalue weighted by Crippen LogP contribution is 2.23. The second kappa shape index (κ2) is 5.31. The van der Waals surface area contributed by atoms with Gasteiger partial charge in [0.15, 0.2) is 0 Å². The maximum atomic E-state index is 13.1. The third-order valence-electron chi connectivity index (χ3n) is 2.45. The Morgan fingerprint density at radius 2 is 1.78 bits per heavy atom. The molecule has 0 unspecified atom stereocenters. The fourth-order valence-corrected chi connectivity index (χ4v) is 1.61. The third kappa shape index (κ3) is 2.85. The van der Waals surface area contributed by atoms with Crippen LogP contribution in [0.15, 0.2) is 48.5 Å². The Hall–Kier alpha value is -2.36. The first-order chi connectivity index (χ1) is 8.69. The molecular formula is C14H12FNO2. The van der Waals surface area contributed by atoms with Crippen molar-refractivity contribution in [1.29, 1.82) is 0 Å². The van der Waals surface area contributed by atoms with Crippen LogP contribution in [0.5, 0.6) is 0 Å². The van der Waals surface area contributed by atoms with E-state index in [1.165, 1.54) is 19.2 Å². The van der Waals surface area contributed by atoms with Crippen molar-refractivity contribution in [2.24, 2.45) is 0 Å². The number of benzene rings is 2. The number of anilines is 1. The van der Waals surface area contributed by atoms with Gasteiger partial charge in [0.25, 0.3) is 0 Å². The average Bonchev–Trinajstić information content (AvgIpc) is 2.39. The molecule has 0 fully saturated rings. The van der Waals surface area contributed by atoms with Crippen LogP contribution in [0.4, 0.5) is 14.9 Å². The molecule has 0 aliphatic rings. The van der Waals surface area contributed by atoms with E-state index in [1.807, 2.05) is 6.07 Å². The topological polar surface area (TPSA) is 38.3 Å². The number of amides is 1. The van der Waals surface area contributed by atoms with Gasteiger partial charge in [-0.2, -0.15) is 0 Å². The van der Waals surface area contributed by atoms with E-state index in [1.54, 1.807) is 30.3 Å². The Morgan fingerprint density at radius 3 is 2.44 bits per heavy atom. The predicted octanol–water partition coefficient (Wildman–Crippen LogP) is 3.67. The standard InChI is InChI=1S/C14H12FNO2/c1-18-14(17)16-13-7-3-5-11(9-13)10-4-2-6-12(15)8-10/h2-9H,1H3,(H,16,17). The highest BCUT2D eigenvalue weighted by molar-refractivity contribution is 5.85. The molecule has 0 aliphatic heterocycles. The molecule has 0 spiro atoms. The summed E-state index contributed by atoms with van der Waals surface area (Å²) in [5, 5.41) is 2.56. The number of carbonyl (C=O) groups excluding carboxylic acids is 1. The second-order valence-electron chi connectivity index (χ2n) is 3.71. The number of ether oxygens (including phenoxy) is 1. The number of rotatable bonds is 2. The van der Waals surface area contributed by atoms with E-state index in [4.69, 9.17) is 0 Å². The molecule has 1 amide bonds. The monoisotopic (exact) mass is 245 g/mol. The smallest absolute Gasteiger partial charge is 0.411 e. The van der Waals surface area contributed by atoms with E-state index in [9.17, 15) is 9.18 Å². The third-order valence-corrected chi connectivity index (χ3v) is 2.45. The first-order valence-electron chi connectivity index (χ1n) is 5.40. The minimum Gasteiger partial charge on any atom is -0.453 e. The second-order valence-corrected chi connectivity index (χ2v) is 3.71. The number of hydrogen-bond donors (Lipinski definition) is 1. The Kier molecular flexibility index (Phi) is 3.57. The summed E-state index contributed by atoms with van der Waals surface area (Å²) in [7, 11) is 1.30. The van der Waals surface area contributed by atoms with Crippen LogP contribution < -0.4 is 5.32 Å². The lowest BCUT2D eigenvalue weighted by atomic mass is 10.1. The molecule has 0 saturated heterocycles. The summed E-state index contributed by atoms with van der Waals surface area (Å²) >= 11 is 0. The zero-order valence-electron chi connectivity index (χ0n) is 9.81. The molecule has 0 bridgehead atoms. The molecule has 3 nitrogen and oxygen atoms in total. The van der Waals surface area contributed by atoms with Gasteiger partial charge in [-0.15, -0.1) is 0 Å². The minimum absolute atomic E-state index is 0.293. The van der Waals surface area contributed by atoms with Crippen molar-refractivity contribution < 1.29 is 13.9 Å². The molecule has 0 radical (unpaired) electrons. The first kappa shape index (κ1) is 12.1. The summed E-state index contributed by atoms with van der Waals surface area (Å²) in [6.07, 6.45) is -0.536. The Bertz CT molecular complexity index is 569. The summed E-state index contributed by atoms with van der Waals surface area (Å²) in [6.45, 7) is 0. The maximum absolute atomic E-state index is 13.1. The average molecular weight is 245 g/mol. The number of hydrogen-bond acceptors (Lipinski definition) is 2. The largest absolute Gasteiger partial charge is 0.453 e. The van der Waals surface area contributed by atoms with E-state index < -0.39 is 6.09 Å². The molecule has 2 aromatic rings. The predicted molar refractivity (Wildman–Crippen MR) is 67.9 cm³/mol. The van der Waals surface area contributed by atoms with Crippen molar-refractivity contribution in [3.63, 3.8) is 0 Å². The number of halogens is 1. The molecule has 0 aliphatic carbocycles. The molecule has 0 aromatic heterocycles. The van der Waals surface area contributed by atoms with Gasteiger partial charge in [-0.05, 0) is 35.4 Å². The first-order valence-corrected chi connectivity index (χ1v) is 5.40. The van der Waals surface area contributed by atoms with Crippen molar-refractivity contribution in [2.75, 3.05) is 12.4 Å². The van der Waals surface area contributed by atoms with Gasteiger partial charge < -0.3 is 4.74 Å². The molecule has 0 atom stereocenters. The molecule has 18 heavy (non-hydrogen) atoms. The molecule has 92 valence electrons. The van der Waals surface area contributed by atoms with Crippen LogP contribution in [0.25, 0.3) is 11.1 Å².